The van der Waals surface area contributed by atoms with Crippen LogP contribution in [0.5, 0.6) is 0 Å². The minimum Gasteiger partial charge on any atom is -0.341 e. The molecule has 1 aliphatic rings. The van der Waals surface area contributed by atoms with E-state index in [9.17, 15) is 9.59 Å². The zero-order chi connectivity index (χ0) is 22.0. The van der Waals surface area contributed by atoms with E-state index in [-0.39, 0.29) is 28.8 Å². The van der Waals surface area contributed by atoms with Crippen LogP contribution in [0.4, 0.5) is 4.79 Å². The molecule has 1 aromatic heterocycles. The van der Waals surface area contributed by atoms with Crippen molar-refractivity contribution >= 4 is 23.5 Å². The number of carbonyl (C=O) groups excluding carboxylic acids is 2. The second kappa shape index (κ2) is 8.62. The van der Waals surface area contributed by atoms with Crippen LogP contribution < -0.4 is 15.3 Å². The lowest BCUT2D eigenvalue weighted by Crippen LogP contribution is -2.57. The molecular weight excluding hydrogens is 384 g/mol. The second-order valence-corrected chi connectivity index (χ2v) is 10.9. The van der Waals surface area contributed by atoms with Gasteiger partial charge in [-0.2, -0.15) is 0 Å². The van der Waals surface area contributed by atoms with Crippen molar-refractivity contribution in [3.63, 3.8) is 0 Å². The molecule has 1 aliphatic carbocycles. The van der Waals surface area contributed by atoms with Crippen LogP contribution in [-0.2, 0) is 16.8 Å². The number of amides is 3. The minimum atomic E-state index is -0.450. The zero-order valence-electron chi connectivity index (χ0n) is 19.3. The standard InChI is InChI=1S/C22H38N4O2S/c1-9-10-11-15-14-26(20(2,3)4)29-18(15)24-17(27)16-12-13-22(7,21(16,5)6)25-19(28)23-8/h14,16H,9-13H2,1-8H3,(H2,23,25,28). The number of urea groups is 1. The van der Waals surface area contributed by atoms with Crippen molar-refractivity contribution in [1.82, 2.24) is 14.6 Å². The van der Waals surface area contributed by atoms with Gasteiger partial charge in [0, 0.05) is 35.8 Å². The Morgan fingerprint density at radius 3 is 2.52 bits per heavy atom. The van der Waals surface area contributed by atoms with Crippen molar-refractivity contribution in [1.29, 1.82) is 0 Å². The molecule has 2 N–H and O–H groups in total. The van der Waals surface area contributed by atoms with Crippen molar-refractivity contribution in [3.8, 4) is 0 Å². The summed E-state index contributed by atoms with van der Waals surface area (Å²) in [6.07, 6.45) is 6.77. The predicted molar refractivity (Wildman–Crippen MR) is 119 cm³/mol. The Morgan fingerprint density at radius 2 is 1.97 bits per heavy atom. The van der Waals surface area contributed by atoms with Crippen LogP contribution in [0.2, 0.25) is 0 Å². The Labute approximate surface area is 179 Å². The lowest BCUT2D eigenvalue weighted by Gasteiger charge is -2.41. The van der Waals surface area contributed by atoms with Crippen LogP contribution in [-0.4, -0.2) is 28.5 Å². The molecule has 6 nitrogen and oxygen atoms in total. The van der Waals surface area contributed by atoms with Crippen molar-refractivity contribution in [2.24, 2.45) is 16.3 Å². The third kappa shape index (κ3) is 4.93. The number of nitrogens with one attached hydrogen (secondary N) is 2. The summed E-state index contributed by atoms with van der Waals surface area (Å²) >= 11 is 1.57. The maximum Gasteiger partial charge on any atom is 0.314 e. The van der Waals surface area contributed by atoms with E-state index in [0.29, 0.717) is 0 Å². The number of rotatable bonds is 5. The first kappa shape index (κ1) is 23.6. The van der Waals surface area contributed by atoms with E-state index in [4.69, 9.17) is 0 Å². The van der Waals surface area contributed by atoms with E-state index in [2.05, 4.69) is 67.3 Å². The summed E-state index contributed by atoms with van der Waals surface area (Å²) in [6.45, 7) is 14.8. The Kier molecular flexibility index (Phi) is 7.03. The normalized spacial score (nSPS) is 24.6. The average molecular weight is 423 g/mol. The maximum absolute atomic E-state index is 13.3. The van der Waals surface area contributed by atoms with Gasteiger partial charge in [-0.05, 0) is 70.3 Å². The average Bonchev–Trinajstić information content (AvgIpc) is 3.11. The molecule has 0 radical (unpaired) electrons. The number of carbonyl (C=O) groups is 2. The molecular formula is C22H38N4O2S. The predicted octanol–water partition coefficient (Wildman–Crippen LogP) is 4.20. The van der Waals surface area contributed by atoms with E-state index in [1.165, 1.54) is 0 Å². The Bertz CT molecular complexity index is 816. The van der Waals surface area contributed by atoms with Gasteiger partial charge in [-0.25, -0.2) is 9.79 Å². The third-order valence-electron chi connectivity index (χ3n) is 6.55. The Morgan fingerprint density at radius 1 is 1.31 bits per heavy atom. The van der Waals surface area contributed by atoms with Gasteiger partial charge in [-0.3, -0.25) is 8.75 Å². The molecule has 2 atom stereocenters. The molecule has 1 heterocycles. The molecule has 2 rings (SSSR count). The first-order valence-electron chi connectivity index (χ1n) is 10.7. The van der Waals surface area contributed by atoms with Crippen LogP contribution in [0.15, 0.2) is 11.2 Å². The monoisotopic (exact) mass is 422 g/mol. The summed E-state index contributed by atoms with van der Waals surface area (Å²) in [6, 6.07) is -0.211. The number of aryl methyl sites for hydroxylation is 1. The van der Waals surface area contributed by atoms with Crippen molar-refractivity contribution < 1.29 is 9.59 Å². The number of nitrogens with zero attached hydrogens (tertiary/aromatic N) is 2. The van der Waals surface area contributed by atoms with Crippen molar-refractivity contribution in [2.75, 3.05) is 7.05 Å². The van der Waals surface area contributed by atoms with Gasteiger partial charge < -0.3 is 10.6 Å². The third-order valence-corrected chi connectivity index (χ3v) is 7.92. The first-order chi connectivity index (χ1) is 13.4. The summed E-state index contributed by atoms with van der Waals surface area (Å²) < 4.78 is 3.03. The fourth-order valence-electron chi connectivity index (χ4n) is 3.98. The Balaban J connectivity index is 2.36. The highest BCUT2D eigenvalue weighted by Crippen LogP contribution is 2.50. The van der Waals surface area contributed by atoms with Crippen LogP contribution in [0.3, 0.4) is 0 Å². The van der Waals surface area contributed by atoms with Gasteiger partial charge in [-0.15, -0.1) is 0 Å². The molecule has 0 bridgehead atoms. The van der Waals surface area contributed by atoms with E-state index in [1.807, 2.05) is 6.92 Å². The van der Waals surface area contributed by atoms with Gasteiger partial charge in [-0.1, -0.05) is 27.2 Å². The van der Waals surface area contributed by atoms with E-state index < -0.39 is 5.54 Å². The summed E-state index contributed by atoms with van der Waals surface area (Å²) in [5.41, 5.74) is 0.281. The van der Waals surface area contributed by atoms with E-state index in [0.717, 1.165) is 42.3 Å². The van der Waals surface area contributed by atoms with E-state index >= 15 is 0 Å². The van der Waals surface area contributed by atoms with Gasteiger partial charge >= 0.3 is 6.03 Å². The SMILES string of the molecule is CCCCc1cn(C(C)(C)C)sc1=NC(=O)C1CCC(C)(NC(=O)NC)C1(C)C. The number of hydrogen-bond donors (Lipinski definition) is 2. The molecule has 164 valence electrons. The largest absolute Gasteiger partial charge is 0.341 e. The highest BCUT2D eigenvalue weighted by atomic mass is 32.1. The topological polar surface area (TPSA) is 75.5 Å². The van der Waals surface area contributed by atoms with Crippen molar-refractivity contribution in [3.05, 3.63) is 16.4 Å². The lowest BCUT2D eigenvalue weighted by molar-refractivity contribution is -0.125. The van der Waals surface area contributed by atoms with Gasteiger partial charge in [0.15, 0.2) is 0 Å². The fraction of sp³-hybridized carbons (Fsp3) is 0.773. The fourth-order valence-corrected chi connectivity index (χ4v) is 5.03. The lowest BCUT2D eigenvalue weighted by atomic mass is 9.71. The molecule has 1 fully saturated rings. The summed E-state index contributed by atoms with van der Waals surface area (Å²) in [7, 11) is 1.61. The van der Waals surface area contributed by atoms with Gasteiger partial charge in [0.2, 0.25) is 0 Å². The Hall–Kier alpha value is -1.63. The highest BCUT2D eigenvalue weighted by Gasteiger charge is 2.54. The van der Waals surface area contributed by atoms with Crippen LogP contribution >= 0.6 is 11.5 Å². The molecule has 0 spiro atoms. The maximum atomic E-state index is 13.3. The molecule has 2 unspecified atom stereocenters. The summed E-state index contributed by atoms with van der Waals surface area (Å²) in [4.78, 5) is 29.8. The first-order valence-corrected chi connectivity index (χ1v) is 11.4. The molecule has 3 amide bonds. The molecule has 1 aromatic rings. The highest BCUT2D eigenvalue weighted by molar-refractivity contribution is 7.04. The second-order valence-electron chi connectivity index (χ2n) is 9.95. The van der Waals surface area contributed by atoms with Crippen LogP contribution in [0.25, 0.3) is 0 Å². The summed E-state index contributed by atoms with van der Waals surface area (Å²) in [5, 5.41) is 5.68. The van der Waals surface area contributed by atoms with Crippen molar-refractivity contribution in [2.45, 2.75) is 91.6 Å². The van der Waals surface area contributed by atoms with E-state index in [1.54, 1.807) is 18.6 Å². The zero-order valence-corrected chi connectivity index (χ0v) is 20.1. The molecule has 0 saturated heterocycles. The quantitative estimate of drug-likeness (QED) is 0.746. The number of hydrogen-bond acceptors (Lipinski definition) is 3. The smallest absolute Gasteiger partial charge is 0.314 e. The minimum absolute atomic E-state index is 0.0366. The molecule has 29 heavy (non-hydrogen) atoms. The molecule has 1 saturated carbocycles. The number of aromatic nitrogens is 1. The van der Waals surface area contributed by atoms with Crippen LogP contribution in [0.1, 0.15) is 79.7 Å². The van der Waals surface area contributed by atoms with Gasteiger partial charge in [0.05, 0.1) is 0 Å². The van der Waals surface area contributed by atoms with Gasteiger partial charge in [0.1, 0.15) is 4.67 Å². The molecule has 7 heteroatoms. The molecule has 0 aliphatic heterocycles. The van der Waals surface area contributed by atoms with Crippen LogP contribution in [0, 0.1) is 11.3 Å². The molecule has 0 aromatic carbocycles. The summed E-state index contributed by atoms with van der Waals surface area (Å²) in [5.74, 6) is -0.285. The van der Waals surface area contributed by atoms with Gasteiger partial charge in [0.25, 0.3) is 5.91 Å². The number of unbranched alkanes of at least 4 members (excludes halogenated alkanes) is 1.